The minimum atomic E-state index is -0.0466. The third kappa shape index (κ3) is 4.38. The van der Waals surface area contributed by atoms with E-state index in [1.165, 1.54) is 23.3 Å². The summed E-state index contributed by atoms with van der Waals surface area (Å²) in [5.74, 6) is 0.721. The maximum atomic E-state index is 10.5. The minimum Gasteiger partial charge on any atom is -0.508 e. The van der Waals surface area contributed by atoms with Crippen LogP contribution in [0.15, 0.2) is 52.0 Å². The van der Waals surface area contributed by atoms with Gasteiger partial charge in [-0.3, -0.25) is 0 Å². The molecule has 0 aliphatic heterocycles. The Labute approximate surface area is 177 Å². The number of hydrogen-bond donors (Lipinski definition) is 3. The molecule has 0 saturated heterocycles. The molecule has 30 heavy (non-hydrogen) atoms. The lowest BCUT2D eigenvalue weighted by Crippen LogP contribution is -1.91. The number of benzene rings is 2. The topological polar surface area (TPSA) is 73.8 Å². The molecule has 0 aliphatic carbocycles. The molecule has 0 fully saturated rings. The van der Waals surface area contributed by atoms with Crippen LogP contribution in [0.1, 0.15) is 50.3 Å². The number of phenolic OH excluding ortho intramolecular Hbond substituents is 3. The highest BCUT2D eigenvalue weighted by Gasteiger charge is 2.20. The molecule has 0 atom stereocenters. The first-order valence-electron chi connectivity index (χ1n) is 10.2. The van der Waals surface area contributed by atoms with Gasteiger partial charge in [-0.2, -0.15) is 0 Å². The number of allylic oxidation sites excluding steroid dienone is 4. The maximum absolute atomic E-state index is 10.5. The summed E-state index contributed by atoms with van der Waals surface area (Å²) in [6.07, 6.45) is 7.10. The van der Waals surface area contributed by atoms with Gasteiger partial charge in [-0.05, 0) is 77.6 Å². The molecule has 0 radical (unpaired) electrons. The molecule has 1 heterocycles. The second kappa shape index (κ2) is 8.70. The van der Waals surface area contributed by atoms with Gasteiger partial charge in [0.1, 0.15) is 28.6 Å². The molecule has 4 nitrogen and oxygen atoms in total. The van der Waals surface area contributed by atoms with E-state index < -0.39 is 0 Å². The molecule has 3 N–H and O–H groups in total. The molecule has 3 rings (SSSR count). The molecule has 0 spiro atoms. The van der Waals surface area contributed by atoms with Crippen LogP contribution in [0.25, 0.3) is 22.3 Å². The van der Waals surface area contributed by atoms with E-state index in [9.17, 15) is 15.3 Å². The van der Waals surface area contributed by atoms with Crippen LogP contribution in [0.4, 0.5) is 0 Å². The first-order chi connectivity index (χ1) is 14.2. The van der Waals surface area contributed by atoms with Crippen LogP contribution in [-0.2, 0) is 6.42 Å². The normalized spacial score (nSPS) is 11.8. The number of aromatic hydroxyl groups is 3. The molecule has 4 heteroatoms. The summed E-state index contributed by atoms with van der Waals surface area (Å²) in [4.78, 5) is 0. The van der Waals surface area contributed by atoms with Crippen molar-refractivity contribution in [2.24, 2.45) is 0 Å². The van der Waals surface area contributed by atoms with E-state index in [4.69, 9.17) is 4.42 Å². The van der Waals surface area contributed by atoms with E-state index in [2.05, 4.69) is 32.9 Å². The summed E-state index contributed by atoms with van der Waals surface area (Å²) in [6, 6.07) is 6.17. The molecular weight excluding hydrogens is 376 g/mol. The van der Waals surface area contributed by atoms with Crippen molar-refractivity contribution < 1.29 is 19.7 Å². The van der Waals surface area contributed by atoms with Gasteiger partial charge in [-0.15, -0.1) is 0 Å². The summed E-state index contributed by atoms with van der Waals surface area (Å²) in [5, 5.41) is 31.2. The van der Waals surface area contributed by atoms with Gasteiger partial charge < -0.3 is 19.7 Å². The second-order valence-corrected chi connectivity index (χ2v) is 8.21. The number of rotatable bonds is 6. The zero-order valence-corrected chi connectivity index (χ0v) is 18.3. The Morgan fingerprint density at radius 3 is 2.33 bits per heavy atom. The molecule has 0 saturated carbocycles. The standard InChI is InChI=1S/C26H30O4/c1-15(2)7-6-8-16(3)9-11-20-17(4)23(28)14-22-18(5)25(30-26(20)22)21-12-10-19(27)13-24(21)29/h7,9-10,12-14,27-29H,6,8,11H2,1-5H3. The fourth-order valence-corrected chi connectivity index (χ4v) is 3.68. The van der Waals surface area contributed by atoms with Gasteiger partial charge in [-0.25, -0.2) is 0 Å². The second-order valence-electron chi connectivity index (χ2n) is 8.21. The summed E-state index contributed by atoms with van der Waals surface area (Å²) >= 11 is 0. The van der Waals surface area contributed by atoms with Crippen LogP contribution in [0.2, 0.25) is 0 Å². The largest absolute Gasteiger partial charge is 0.508 e. The molecule has 0 unspecified atom stereocenters. The lowest BCUT2D eigenvalue weighted by molar-refractivity contribution is 0.450. The van der Waals surface area contributed by atoms with Crippen molar-refractivity contribution in [2.45, 2.75) is 53.9 Å². The molecule has 1 aromatic heterocycles. The van der Waals surface area contributed by atoms with Gasteiger partial charge in [0.25, 0.3) is 0 Å². The number of furan rings is 1. The predicted octanol–water partition coefficient (Wildman–Crippen LogP) is 7.07. The molecule has 0 aliphatic rings. The number of phenols is 3. The molecule has 0 bridgehead atoms. The number of aryl methyl sites for hydroxylation is 1. The first-order valence-corrected chi connectivity index (χ1v) is 10.2. The van der Waals surface area contributed by atoms with Crippen LogP contribution in [0.5, 0.6) is 17.2 Å². The van der Waals surface area contributed by atoms with Gasteiger partial charge in [0.2, 0.25) is 0 Å². The number of hydrogen-bond acceptors (Lipinski definition) is 4. The van der Waals surface area contributed by atoms with E-state index in [0.717, 1.165) is 40.5 Å². The quantitative estimate of drug-likeness (QED) is 0.383. The summed E-state index contributed by atoms with van der Waals surface area (Å²) < 4.78 is 6.23. The highest BCUT2D eigenvalue weighted by Crippen LogP contribution is 2.42. The Hall–Kier alpha value is -3.14. The summed E-state index contributed by atoms with van der Waals surface area (Å²) in [7, 11) is 0. The predicted molar refractivity (Wildman–Crippen MR) is 122 cm³/mol. The lowest BCUT2D eigenvalue weighted by Gasteiger charge is -2.08. The Balaban J connectivity index is 2.04. The van der Waals surface area contributed by atoms with E-state index in [1.54, 1.807) is 12.1 Å². The summed E-state index contributed by atoms with van der Waals surface area (Å²) in [5.41, 5.74) is 6.43. The molecular formula is C26H30O4. The molecule has 158 valence electrons. The molecule has 2 aromatic carbocycles. The van der Waals surface area contributed by atoms with Crippen LogP contribution in [0, 0.1) is 13.8 Å². The highest BCUT2D eigenvalue weighted by atomic mass is 16.3. The maximum Gasteiger partial charge on any atom is 0.142 e. The van der Waals surface area contributed by atoms with Gasteiger partial charge in [0.05, 0.1) is 5.56 Å². The fraction of sp³-hybridized carbons (Fsp3) is 0.308. The summed E-state index contributed by atoms with van der Waals surface area (Å²) in [6.45, 7) is 10.1. The average molecular weight is 407 g/mol. The van der Waals surface area contributed by atoms with E-state index >= 15 is 0 Å². The van der Waals surface area contributed by atoms with Crippen molar-refractivity contribution in [3.05, 3.63) is 64.3 Å². The molecule has 0 amide bonds. The Kier molecular flexibility index (Phi) is 6.25. The molecule has 3 aromatic rings. The van der Waals surface area contributed by atoms with Crippen molar-refractivity contribution >= 4 is 11.0 Å². The Bertz CT molecular complexity index is 1140. The third-order valence-corrected chi connectivity index (χ3v) is 5.56. The van der Waals surface area contributed by atoms with Crippen molar-refractivity contribution in [2.75, 3.05) is 0 Å². The van der Waals surface area contributed by atoms with Crippen molar-refractivity contribution in [1.82, 2.24) is 0 Å². The Morgan fingerprint density at radius 2 is 1.67 bits per heavy atom. The minimum absolute atomic E-state index is 0.00656. The van der Waals surface area contributed by atoms with Crippen molar-refractivity contribution in [3.8, 4) is 28.6 Å². The first kappa shape index (κ1) is 21.6. The fourth-order valence-electron chi connectivity index (χ4n) is 3.68. The lowest BCUT2D eigenvalue weighted by atomic mass is 9.98. The van der Waals surface area contributed by atoms with Crippen molar-refractivity contribution in [3.63, 3.8) is 0 Å². The van der Waals surface area contributed by atoms with Crippen molar-refractivity contribution in [1.29, 1.82) is 0 Å². The smallest absolute Gasteiger partial charge is 0.142 e. The van der Waals surface area contributed by atoms with E-state index in [-0.39, 0.29) is 17.2 Å². The third-order valence-electron chi connectivity index (χ3n) is 5.56. The average Bonchev–Trinajstić information content (AvgIpc) is 2.98. The van der Waals surface area contributed by atoms with Gasteiger partial charge in [-0.1, -0.05) is 23.3 Å². The zero-order valence-electron chi connectivity index (χ0n) is 18.3. The highest BCUT2D eigenvalue weighted by molar-refractivity contribution is 5.92. The van der Waals surface area contributed by atoms with E-state index in [1.807, 2.05) is 13.8 Å². The van der Waals surface area contributed by atoms with Crippen LogP contribution < -0.4 is 0 Å². The van der Waals surface area contributed by atoms with E-state index in [0.29, 0.717) is 17.7 Å². The monoisotopic (exact) mass is 406 g/mol. The van der Waals surface area contributed by atoms with Crippen LogP contribution >= 0.6 is 0 Å². The SMILES string of the molecule is CC(C)=CCCC(C)=CCc1c(C)c(O)cc2c(C)c(-c3ccc(O)cc3O)oc12. The Morgan fingerprint density at radius 1 is 0.933 bits per heavy atom. The number of fused-ring (bicyclic) bond motifs is 1. The van der Waals surface area contributed by atoms with Gasteiger partial charge >= 0.3 is 0 Å². The van der Waals surface area contributed by atoms with Crippen LogP contribution in [0.3, 0.4) is 0 Å². The van der Waals surface area contributed by atoms with Gasteiger partial charge in [0, 0.05) is 22.6 Å². The van der Waals surface area contributed by atoms with Crippen LogP contribution in [-0.4, -0.2) is 15.3 Å². The van der Waals surface area contributed by atoms with Gasteiger partial charge in [0.15, 0.2) is 0 Å². The zero-order chi connectivity index (χ0) is 22.0.